The number of hydrogen-bond donors (Lipinski definition) is 2. The Balaban J connectivity index is 1.31. The predicted molar refractivity (Wildman–Crippen MR) is 125 cm³/mol. The standard InChI is InChI=1S/C24H33N3O8/c1-2-8-32-10-12-34-14-15-35-13-11-33-9-7-25-17-3-4-18-19(16-17)24(31)27(23(18)30)20-5-6-21(28)26-22(20)29/h3-4,16,20,25H,2,5-15H2,1H3,(H,26,28,29). The van der Waals surface area contributed by atoms with Crippen LogP contribution in [0.4, 0.5) is 5.69 Å². The van der Waals surface area contributed by atoms with Crippen molar-refractivity contribution < 1.29 is 38.1 Å². The van der Waals surface area contributed by atoms with E-state index in [1.54, 1.807) is 18.2 Å². The molecule has 0 aliphatic carbocycles. The molecule has 3 rings (SSSR count). The summed E-state index contributed by atoms with van der Waals surface area (Å²) >= 11 is 0. The average Bonchev–Trinajstić information content (AvgIpc) is 3.09. The molecule has 0 bridgehead atoms. The maximum Gasteiger partial charge on any atom is 0.262 e. The van der Waals surface area contributed by atoms with Crippen molar-refractivity contribution in [2.75, 3.05) is 64.7 Å². The Bertz CT molecular complexity index is 907. The molecule has 0 spiro atoms. The molecule has 0 saturated carbocycles. The Labute approximate surface area is 204 Å². The van der Waals surface area contributed by atoms with Gasteiger partial charge in [-0.25, -0.2) is 0 Å². The van der Waals surface area contributed by atoms with E-state index in [1.807, 2.05) is 0 Å². The van der Waals surface area contributed by atoms with Crippen molar-refractivity contribution in [3.63, 3.8) is 0 Å². The highest BCUT2D eigenvalue weighted by Gasteiger charge is 2.44. The number of fused-ring (bicyclic) bond motifs is 1. The Morgan fingerprint density at radius 3 is 2.09 bits per heavy atom. The highest BCUT2D eigenvalue weighted by molar-refractivity contribution is 6.23. The summed E-state index contributed by atoms with van der Waals surface area (Å²) in [5.74, 6) is -2.08. The molecule has 192 valence electrons. The fourth-order valence-corrected chi connectivity index (χ4v) is 3.75. The minimum atomic E-state index is -0.974. The maximum absolute atomic E-state index is 12.8. The first-order valence-corrected chi connectivity index (χ1v) is 11.9. The fourth-order valence-electron chi connectivity index (χ4n) is 3.75. The number of ether oxygens (including phenoxy) is 4. The third-order valence-electron chi connectivity index (χ3n) is 5.48. The van der Waals surface area contributed by atoms with Gasteiger partial charge in [0.1, 0.15) is 6.04 Å². The molecule has 1 unspecified atom stereocenters. The largest absolute Gasteiger partial charge is 0.383 e. The van der Waals surface area contributed by atoms with Crippen molar-refractivity contribution in [2.24, 2.45) is 0 Å². The molecule has 1 aromatic rings. The summed E-state index contributed by atoms with van der Waals surface area (Å²) in [5.41, 5.74) is 1.14. The molecule has 1 aromatic carbocycles. The number of benzene rings is 1. The van der Waals surface area contributed by atoms with E-state index in [2.05, 4.69) is 17.6 Å². The van der Waals surface area contributed by atoms with Crippen LogP contribution in [0.1, 0.15) is 46.9 Å². The number of rotatable bonds is 16. The van der Waals surface area contributed by atoms with Crippen molar-refractivity contribution in [2.45, 2.75) is 32.2 Å². The molecule has 4 amide bonds. The van der Waals surface area contributed by atoms with Crippen LogP contribution < -0.4 is 10.6 Å². The highest BCUT2D eigenvalue weighted by atomic mass is 16.6. The minimum absolute atomic E-state index is 0.0873. The lowest BCUT2D eigenvalue weighted by atomic mass is 10.0. The van der Waals surface area contributed by atoms with Crippen LogP contribution >= 0.6 is 0 Å². The summed E-state index contributed by atoms with van der Waals surface area (Å²) in [4.78, 5) is 50.0. The summed E-state index contributed by atoms with van der Waals surface area (Å²) in [6.07, 6.45) is 1.21. The Kier molecular flexibility index (Phi) is 10.6. The number of piperidine rings is 1. The molecule has 1 atom stereocenters. The van der Waals surface area contributed by atoms with E-state index in [0.717, 1.165) is 17.9 Å². The van der Waals surface area contributed by atoms with Crippen LogP contribution in [0.25, 0.3) is 0 Å². The summed E-state index contributed by atoms with van der Waals surface area (Å²) in [5, 5.41) is 5.34. The van der Waals surface area contributed by atoms with Crippen LogP contribution in [0.5, 0.6) is 0 Å². The Morgan fingerprint density at radius 1 is 0.857 bits per heavy atom. The van der Waals surface area contributed by atoms with Gasteiger partial charge in [-0.05, 0) is 31.0 Å². The van der Waals surface area contributed by atoms with E-state index in [4.69, 9.17) is 18.9 Å². The lowest BCUT2D eigenvalue weighted by Gasteiger charge is -2.27. The molecule has 2 N–H and O–H groups in total. The lowest BCUT2D eigenvalue weighted by Crippen LogP contribution is -2.54. The van der Waals surface area contributed by atoms with Crippen molar-refractivity contribution in [1.82, 2.24) is 10.2 Å². The average molecular weight is 492 g/mol. The second-order valence-electron chi connectivity index (χ2n) is 8.08. The number of hydrogen-bond acceptors (Lipinski definition) is 9. The van der Waals surface area contributed by atoms with Gasteiger partial charge in [0, 0.05) is 25.3 Å². The van der Waals surface area contributed by atoms with Crippen LogP contribution in [0.3, 0.4) is 0 Å². The monoisotopic (exact) mass is 491 g/mol. The quantitative estimate of drug-likeness (QED) is 0.256. The van der Waals surface area contributed by atoms with Crippen LogP contribution in [-0.2, 0) is 28.5 Å². The van der Waals surface area contributed by atoms with Crippen molar-refractivity contribution >= 4 is 29.3 Å². The summed E-state index contributed by atoms with van der Waals surface area (Å²) in [7, 11) is 0. The molecule has 1 fully saturated rings. The highest BCUT2D eigenvalue weighted by Crippen LogP contribution is 2.29. The summed E-state index contributed by atoms with van der Waals surface area (Å²) in [6.45, 7) is 6.80. The van der Waals surface area contributed by atoms with Crippen LogP contribution in [-0.4, -0.2) is 94.0 Å². The Hall–Kier alpha value is -2.86. The molecule has 11 nitrogen and oxygen atoms in total. The van der Waals surface area contributed by atoms with Gasteiger partial charge in [-0.2, -0.15) is 0 Å². The van der Waals surface area contributed by atoms with E-state index in [1.165, 1.54) is 0 Å². The number of nitrogens with one attached hydrogen (secondary N) is 2. The number of carbonyl (C=O) groups excluding carboxylic acids is 4. The summed E-state index contributed by atoms with van der Waals surface area (Å²) < 4.78 is 21.7. The van der Waals surface area contributed by atoms with Crippen molar-refractivity contribution in [3.05, 3.63) is 29.3 Å². The van der Waals surface area contributed by atoms with Gasteiger partial charge in [0.15, 0.2) is 0 Å². The van der Waals surface area contributed by atoms with Gasteiger partial charge in [-0.3, -0.25) is 29.4 Å². The van der Waals surface area contributed by atoms with Crippen molar-refractivity contribution in [3.8, 4) is 0 Å². The Morgan fingerprint density at radius 2 is 1.46 bits per heavy atom. The third kappa shape index (κ3) is 7.56. The van der Waals surface area contributed by atoms with Gasteiger partial charge in [0.05, 0.1) is 57.4 Å². The topological polar surface area (TPSA) is 132 Å². The smallest absolute Gasteiger partial charge is 0.262 e. The van der Waals surface area contributed by atoms with Gasteiger partial charge in [-0.15, -0.1) is 0 Å². The van der Waals surface area contributed by atoms with Gasteiger partial charge < -0.3 is 24.3 Å². The predicted octanol–water partition coefficient (Wildman–Crippen LogP) is 0.976. The van der Waals surface area contributed by atoms with Gasteiger partial charge in [0.2, 0.25) is 11.8 Å². The molecule has 0 radical (unpaired) electrons. The van der Waals surface area contributed by atoms with E-state index < -0.39 is 29.7 Å². The van der Waals surface area contributed by atoms with E-state index in [0.29, 0.717) is 58.5 Å². The fraction of sp³-hybridized carbons (Fsp3) is 0.583. The molecule has 1 saturated heterocycles. The minimum Gasteiger partial charge on any atom is -0.383 e. The zero-order valence-corrected chi connectivity index (χ0v) is 20.0. The molecule has 0 aromatic heterocycles. The number of carbonyl (C=O) groups is 4. The van der Waals surface area contributed by atoms with E-state index in [9.17, 15) is 19.2 Å². The number of anilines is 1. The van der Waals surface area contributed by atoms with E-state index >= 15 is 0 Å². The molecule has 2 aliphatic heterocycles. The first kappa shape index (κ1) is 26.7. The molecule has 2 aliphatic rings. The van der Waals surface area contributed by atoms with Crippen LogP contribution in [0.2, 0.25) is 0 Å². The molecule has 35 heavy (non-hydrogen) atoms. The number of imide groups is 2. The molecular weight excluding hydrogens is 458 g/mol. The molecule has 2 heterocycles. The SMILES string of the molecule is CCCOCCOCCOCCOCCNc1ccc2c(c1)C(=O)N(C1CCC(=O)NC1=O)C2=O. The molecule has 11 heteroatoms. The normalized spacial score (nSPS) is 17.6. The third-order valence-corrected chi connectivity index (χ3v) is 5.48. The van der Waals surface area contributed by atoms with Gasteiger partial charge in [-0.1, -0.05) is 6.92 Å². The van der Waals surface area contributed by atoms with Crippen LogP contribution in [0.15, 0.2) is 18.2 Å². The van der Waals surface area contributed by atoms with E-state index in [-0.39, 0.29) is 24.0 Å². The van der Waals surface area contributed by atoms with Crippen LogP contribution in [0, 0.1) is 0 Å². The molecular formula is C24H33N3O8. The number of amides is 4. The first-order chi connectivity index (χ1) is 17.0. The lowest BCUT2D eigenvalue weighted by molar-refractivity contribution is -0.136. The second kappa shape index (κ2) is 13.9. The zero-order chi connectivity index (χ0) is 25.0. The summed E-state index contributed by atoms with van der Waals surface area (Å²) in [6, 6.07) is 3.89. The van der Waals surface area contributed by atoms with Gasteiger partial charge in [0.25, 0.3) is 11.8 Å². The van der Waals surface area contributed by atoms with Crippen molar-refractivity contribution in [1.29, 1.82) is 0 Å². The number of nitrogens with zero attached hydrogens (tertiary/aromatic N) is 1. The first-order valence-electron chi connectivity index (χ1n) is 11.9. The second-order valence-corrected chi connectivity index (χ2v) is 8.08. The zero-order valence-electron chi connectivity index (χ0n) is 20.0. The maximum atomic E-state index is 12.8. The van der Waals surface area contributed by atoms with Gasteiger partial charge >= 0.3 is 0 Å².